The molecular formula is C6H12N2OS. The van der Waals surface area contributed by atoms with Crippen molar-refractivity contribution in [2.45, 2.75) is 6.42 Å². The van der Waals surface area contributed by atoms with E-state index in [2.05, 4.69) is 9.62 Å². The number of nitrogens with zero attached hydrogens (tertiary/aromatic N) is 1. The van der Waals surface area contributed by atoms with Gasteiger partial charge in [0, 0.05) is 25.4 Å². The Labute approximate surface area is 65.3 Å². The number of hydrogen-bond donors (Lipinski definition) is 1. The molecule has 0 atom stereocenters. The van der Waals surface area contributed by atoms with E-state index in [-0.39, 0.29) is 0 Å². The monoisotopic (exact) mass is 160 g/mol. The Kier molecular flexibility index (Phi) is 3.60. The first-order valence-corrected chi connectivity index (χ1v) is 4.42. The molecule has 0 aromatic carbocycles. The van der Waals surface area contributed by atoms with E-state index in [1.165, 1.54) is 19.5 Å². The zero-order valence-electron chi connectivity index (χ0n) is 5.88. The molecule has 4 heteroatoms. The molecule has 0 bridgehead atoms. The van der Waals surface area contributed by atoms with Gasteiger partial charge in [0.05, 0.1) is 0 Å². The van der Waals surface area contributed by atoms with Crippen molar-refractivity contribution >= 4 is 18.4 Å². The summed E-state index contributed by atoms with van der Waals surface area (Å²) in [7, 11) is 0. The average molecular weight is 160 g/mol. The summed E-state index contributed by atoms with van der Waals surface area (Å²) in [4.78, 5) is 9.80. The van der Waals surface area contributed by atoms with Crippen molar-refractivity contribution in [3.05, 3.63) is 0 Å². The largest absolute Gasteiger partial charge is 0.358 e. The Hall–Kier alpha value is -0.220. The molecule has 1 amide bonds. The van der Waals surface area contributed by atoms with Gasteiger partial charge in [0.15, 0.2) is 0 Å². The lowest BCUT2D eigenvalue weighted by atomic mass is 10.3. The second-order valence-electron chi connectivity index (χ2n) is 2.19. The number of rotatable bonds is 5. The van der Waals surface area contributed by atoms with Crippen LogP contribution in [0.4, 0.5) is 0 Å². The average Bonchev–Trinajstić information content (AvgIpc) is 1.84. The fourth-order valence-electron chi connectivity index (χ4n) is 0.709. The highest BCUT2D eigenvalue weighted by atomic mass is 32.2. The second kappa shape index (κ2) is 4.57. The molecule has 1 aliphatic rings. The highest BCUT2D eigenvalue weighted by molar-refractivity contribution is 7.97. The van der Waals surface area contributed by atoms with Gasteiger partial charge in [-0.2, -0.15) is 0 Å². The number of nitrogens with one attached hydrogen (secondary N) is 1. The molecule has 10 heavy (non-hydrogen) atoms. The van der Waals surface area contributed by atoms with E-state index in [0.717, 1.165) is 18.7 Å². The van der Waals surface area contributed by atoms with Crippen LogP contribution in [-0.4, -0.2) is 36.1 Å². The third-order valence-corrected chi connectivity index (χ3v) is 2.54. The molecule has 0 aliphatic carbocycles. The fourth-order valence-corrected chi connectivity index (χ4v) is 1.69. The highest BCUT2D eigenvalue weighted by Gasteiger charge is 2.12. The summed E-state index contributed by atoms with van der Waals surface area (Å²) in [6.45, 7) is 3.21. The molecule has 1 saturated heterocycles. The lowest BCUT2D eigenvalue weighted by Gasteiger charge is -2.28. The molecule has 1 aliphatic heterocycles. The van der Waals surface area contributed by atoms with Crippen LogP contribution in [0.5, 0.6) is 0 Å². The predicted molar refractivity (Wildman–Crippen MR) is 42.7 cm³/mol. The molecule has 1 rings (SSSR count). The van der Waals surface area contributed by atoms with Crippen molar-refractivity contribution in [1.29, 1.82) is 0 Å². The molecule has 1 fully saturated rings. The summed E-state index contributed by atoms with van der Waals surface area (Å²) in [5.41, 5.74) is 0. The van der Waals surface area contributed by atoms with Crippen molar-refractivity contribution < 1.29 is 4.79 Å². The summed E-state index contributed by atoms with van der Waals surface area (Å²) in [6.07, 6.45) is 2.07. The summed E-state index contributed by atoms with van der Waals surface area (Å²) < 4.78 is 2.31. The van der Waals surface area contributed by atoms with E-state index in [9.17, 15) is 4.79 Å². The molecule has 0 aromatic rings. The SMILES string of the molecule is O=CNCCSN1CCC1. The maximum absolute atomic E-state index is 9.80. The quantitative estimate of drug-likeness (QED) is 0.351. The van der Waals surface area contributed by atoms with E-state index in [4.69, 9.17) is 0 Å². The van der Waals surface area contributed by atoms with Crippen LogP contribution in [-0.2, 0) is 4.79 Å². The van der Waals surface area contributed by atoms with Gasteiger partial charge in [-0.25, -0.2) is 0 Å². The van der Waals surface area contributed by atoms with Crippen LogP contribution in [0.25, 0.3) is 0 Å². The molecule has 58 valence electrons. The van der Waals surface area contributed by atoms with Gasteiger partial charge in [0.25, 0.3) is 0 Å². The predicted octanol–water partition coefficient (Wildman–Crippen LogP) is 0.0863. The minimum Gasteiger partial charge on any atom is -0.358 e. The standard InChI is InChI=1S/C6H12N2OS/c9-6-7-2-5-10-8-3-1-4-8/h6H,1-5H2,(H,7,9). The van der Waals surface area contributed by atoms with Crippen LogP contribution in [0.15, 0.2) is 0 Å². The molecule has 0 spiro atoms. The van der Waals surface area contributed by atoms with Gasteiger partial charge in [0.1, 0.15) is 0 Å². The van der Waals surface area contributed by atoms with E-state index in [0.29, 0.717) is 0 Å². The number of amides is 1. The Morgan fingerprint density at radius 2 is 2.40 bits per heavy atom. The van der Waals surface area contributed by atoms with Crippen molar-refractivity contribution in [3.8, 4) is 0 Å². The topological polar surface area (TPSA) is 32.3 Å². The summed E-state index contributed by atoms with van der Waals surface area (Å²) in [6, 6.07) is 0. The van der Waals surface area contributed by atoms with Crippen LogP contribution in [0, 0.1) is 0 Å². The fraction of sp³-hybridized carbons (Fsp3) is 0.833. The van der Waals surface area contributed by atoms with Crippen molar-refractivity contribution in [1.82, 2.24) is 9.62 Å². The first kappa shape index (κ1) is 7.88. The lowest BCUT2D eigenvalue weighted by molar-refractivity contribution is -0.109. The zero-order valence-corrected chi connectivity index (χ0v) is 6.69. The van der Waals surface area contributed by atoms with Crippen LogP contribution < -0.4 is 5.32 Å². The number of carbonyl (C=O) groups is 1. The van der Waals surface area contributed by atoms with Crippen molar-refractivity contribution in [2.75, 3.05) is 25.4 Å². The number of hydrogen-bond acceptors (Lipinski definition) is 3. The van der Waals surface area contributed by atoms with Gasteiger partial charge in [-0.15, -0.1) is 0 Å². The second-order valence-corrected chi connectivity index (χ2v) is 3.37. The molecular weight excluding hydrogens is 148 g/mol. The van der Waals surface area contributed by atoms with E-state index in [1.807, 2.05) is 11.9 Å². The van der Waals surface area contributed by atoms with Crippen LogP contribution in [0.2, 0.25) is 0 Å². The zero-order chi connectivity index (χ0) is 7.23. The van der Waals surface area contributed by atoms with Crippen LogP contribution in [0.3, 0.4) is 0 Å². The maximum atomic E-state index is 9.80. The van der Waals surface area contributed by atoms with Gasteiger partial charge in [-0.3, -0.25) is 9.10 Å². The van der Waals surface area contributed by atoms with Gasteiger partial charge in [0.2, 0.25) is 6.41 Å². The Morgan fingerprint density at radius 3 is 2.90 bits per heavy atom. The molecule has 0 saturated carbocycles. The molecule has 0 aromatic heterocycles. The summed E-state index contributed by atoms with van der Waals surface area (Å²) in [5.74, 6) is 0.999. The minimum atomic E-state index is 0.747. The third-order valence-electron chi connectivity index (χ3n) is 1.42. The molecule has 0 radical (unpaired) electrons. The molecule has 1 heterocycles. The van der Waals surface area contributed by atoms with Crippen LogP contribution in [0.1, 0.15) is 6.42 Å². The van der Waals surface area contributed by atoms with Gasteiger partial charge < -0.3 is 5.32 Å². The summed E-state index contributed by atoms with van der Waals surface area (Å²) in [5, 5.41) is 2.62. The van der Waals surface area contributed by atoms with Crippen molar-refractivity contribution in [3.63, 3.8) is 0 Å². The normalized spacial score (nSPS) is 18.0. The van der Waals surface area contributed by atoms with E-state index >= 15 is 0 Å². The van der Waals surface area contributed by atoms with Crippen LogP contribution >= 0.6 is 11.9 Å². The van der Waals surface area contributed by atoms with E-state index < -0.39 is 0 Å². The molecule has 0 unspecified atom stereocenters. The lowest BCUT2D eigenvalue weighted by Crippen LogP contribution is -2.32. The minimum absolute atomic E-state index is 0.747. The maximum Gasteiger partial charge on any atom is 0.207 e. The van der Waals surface area contributed by atoms with Gasteiger partial charge >= 0.3 is 0 Å². The Balaban J connectivity index is 1.80. The van der Waals surface area contributed by atoms with E-state index in [1.54, 1.807) is 0 Å². The smallest absolute Gasteiger partial charge is 0.207 e. The molecule has 1 N–H and O–H groups in total. The van der Waals surface area contributed by atoms with Gasteiger partial charge in [-0.05, 0) is 6.42 Å². The van der Waals surface area contributed by atoms with Gasteiger partial charge in [-0.1, -0.05) is 11.9 Å². The number of carbonyl (C=O) groups excluding carboxylic acids is 1. The summed E-state index contributed by atoms with van der Waals surface area (Å²) >= 11 is 1.82. The first-order chi connectivity index (χ1) is 4.93. The Bertz CT molecular complexity index is 106. The molecule has 3 nitrogen and oxygen atoms in total. The first-order valence-electron chi connectivity index (χ1n) is 3.48. The Morgan fingerprint density at radius 1 is 1.60 bits per heavy atom. The van der Waals surface area contributed by atoms with Crippen molar-refractivity contribution in [2.24, 2.45) is 0 Å². The highest BCUT2D eigenvalue weighted by Crippen LogP contribution is 2.17. The third kappa shape index (κ3) is 2.58.